The van der Waals surface area contributed by atoms with Crippen LogP contribution in [0.2, 0.25) is 0 Å². The Morgan fingerprint density at radius 3 is 2.68 bits per heavy atom. The Morgan fingerprint density at radius 2 is 2.09 bits per heavy atom. The van der Waals surface area contributed by atoms with Crippen LogP contribution in [0.25, 0.3) is 11.1 Å². The number of nitrogens with one attached hydrogen (secondary N) is 1. The molecular formula is C16H23N3O3. The number of aliphatic hydroxyl groups is 1. The zero-order chi connectivity index (χ0) is 16.3. The van der Waals surface area contributed by atoms with Crippen LogP contribution in [0.15, 0.2) is 28.7 Å². The van der Waals surface area contributed by atoms with Gasteiger partial charge in [0.15, 0.2) is 11.5 Å². The Hall–Kier alpha value is -1.92. The van der Waals surface area contributed by atoms with Gasteiger partial charge in [-0.25, -0.2) is 4.98 Å². The van der Waals surface area contributed by atoms with Gasteiger partial charge in [-0.2, -0.15) is 0 Å². The number of hydrogen-bond acceptors (Lipinski definition) is 5. The van der Waals surface area contributed by atoms with Gasteiger partial charge in [-0.15, -0.1) is 0 Å². The third kappa shape index (κ3) is 3.45. The number of carbonyl (C=O) groups excluding carboxylic acids is 1. The molecule has 0 aliphatic rings. The highest BCUT2D eigenvalue weighted by molar-refractivity contribution is 5.82. The first-order chi connectivity index (χ1) is 10.4. The van der Waals surface area contributed by atoms with Crippen molar-refractivity contribution in [2.45, 2.75) is 25.5 Å². The number of fused-ring (bicyclic) bond motifs is 1. The number of aromatic nitrogens is 1. The average molecular weight is 305 g/mol. The number of benzene rings is 1. The van der Waals surface area contributed by atoms with E-state index in [-0.39, 0.29) is 11.8 Å². The lowest BCUT2D eigenvalue weighted by Gasteiger charge is -2.30. The zero-order valence-corrected chi connectivity index (χ0v) is 13.4. The molecule has 0 bridgehead atoms. The number of nitrogens with zero attached hydrogens (tertiary/aromatic N) is 2. The molecule has 1 aromatic carbocycles. The minimum atomic E-state index is -0.815. The van der Waals surface area contributed by atoms with E-state index in [1.54, 1.807) is 26.0 Å². The van der Waals surface area contributed by atoms with E-state index < -0.39 is 12.1 Å². The van der Waals surface area contributed by atoms with Crippen LogP contribution in [0.5, 0.6) is 0 Å². The molecule has 0 spiro atoms. The monoisotopic (exact) mass is 305 g/mol. The van der Waals surface area contributed by atoms with Gasteiger partial charge in [0.25, 0.3) is 0 Å². The van der Waals surface area contributed by atoms with E-state index in [0.717, 1.165) is 11.1 Å². The minimum absolute atomic E-state index is 0.169. The lowest BCUT2D eigenvalue weighted by molar-refractivity contribution is -0.130. The minimum Gasteiger partial charge on any atom is -0.441 e. The van der Waals surface area contributed by atoms with Crippen LogP contribution in [0.4, 0.5) is 0 Å². The third-order valence-corrected chi connectivity index (χ3v) is 3.81. The number of rotatable bonds is 6. The fraction of sp³-hybridized carbons (Fsp3) is 0.500. The second-order valence-electron chi connectivity index (χ2n) is 5.77. The summed E-state index contributed by atoms with van der Waals surface area (Å²) in [4.78, 5) is 18.1. The van der Waals surface area contributed by atoms with Crippen molar-refractivity contribution in [3.63, 3.8) is 0 Å². The number of carbonyl (C=O) groups is 1. The Morgan fingerprint density at radius 1 is 1.41 bits per heavy atom. The summed E-state index contributed by atoms with van der Waals surface area (Å²) in [6, 6.07) is 6.94. The van der Waals surface area contributed by atoms with Crippen LogP contribution in [-0.2, 0) is 11.2 Å². The van der Waals surface area contributed by atoms with Gasteiger partial charge in [0.1, 0.15) is 11.6 Å². The molecule has 0 aliphatic carbocycles. The predicted molar refractivity (Wildman–Crippen MR) is 84.4 cm³/mol. The van der Waals surface area contributed by atoms with E-state index in [1.165, 1.54) is 0 Å². The van der Waals surface area contributed by atoms with Crippen molar-refractivity contribution in [2.24, 2.45) is 5.92 Å². The summed E-state index contributed by atoms with van der Waals surface area (Å²) in [5, 5.41) is 13.1. The predicted octanol–water partition coefficient (Wildman–Crippen LogP) is 1.04. The Kier molecular flexibility index (Phi) is 5.15. The number of amides is 1. The largest absolute Gasteiger partial charge is 0.441 e. The Labute approximate surface area is 130 Å². The third-order valence-electron chi connectivity index (χ3n) is 3.81. The summed E-state index contributed by atoms with van der Waals surface area (Å²) in [6.07, 6.45) is -0.345. The number of para-hydroxylation sites is 2. The van der Waals surface area contributed by atoms with E-state index in [9.17, 15) is 9.90 Å². The summed E-state index contributed by atoms with van der Waals surface area (Å²) in [7, 11) is 5.11. The molecule has 2 aromatic rings. The second kappa shape index (κ2) is 6.89. The molecule has 2 rings (SSSR count). The molecule has 0 unspecified atom stereocenters. The zero-order valence-electron chi connectivity index (χ0n) is 13.4. The summed E-state index contributed by atoms with van der Waals surface area (Å²) < 4.78 is 5.68. The molecule has 120 valence electrons. The van der Waals surface area contributed by atoms with Crippen molar-refractivity contribution in [3.8, 4) is 0 Å². The van der Waals surface area contributed by atoms with E-state index in [4.69, 9.17) is 4.42 Å². The SMILES string of the molecule is CNC(=O)[C@@H]([C@H](O)[C@H](C)Cc1nc2ccccc2o1)N(C)C. The molecule has 1 heterocycles. The van der Waals surface area contributed by atoms with Crippen LogP contribution in [0.3, 0.4) is 0 Å². The molecule has 6 heteroatoms. The van der Waals surface area contributed by atoms with E-state index in [2.05, 4.69) is 10.3 Å². The number of likely N-dealkylation sites (N-methyl/N-ethyl adjacent to an activating group) is 2. The molecule has 2 N–H and O–H groups in total. The lowest BCUT2D eigenvalue weighted by atomic mass is 9.93. The van der Waals surface area contributed by atoms with Gasteiger partial charge in [-0.05, 0) is 32.1 Å². The van der Waals surface area contributed by atoms with Gasteiger partial charge < -0.3 is 14.8 Å². The maximum Gasteiger partial charge on any atom is 0.239 e. The van der Waals surface area contributed by atoms with Crippen molar-refractivity contribution >= 4 is 17.0 Å². The number of aliphatic hydroxyl groups excluding tert-OH is 1. The molecule has 22 heavy (non-hydrogen) atoms. The quantitative estimate of drug-likeness (QED) is 0.834. The first kappa shape index (κ1) is 16.5. The molecule has 3 atom stereocenters. The highest BCUT2D eigenvalue weighted by Crippen LogP contribution is 2.20. The number of oxazole rings is 1. The molecular weight excluding hydrogens is 282 g/mol. The molecule has 0 fully saturated rings. The molecule has 1 amide bonds. The van der Waals surface area contributed by atoms with E-state index >= 15 is 0 Å². The Balaban J connectivity index is 2.12. The van der Waals surface area contributed by atoms with Crippen molar-refractivity contribution < 1.29 is 14.3 Å². The van der Waals surface area contributed by atoms with Crippen LogP contribution < -0.4 is 5.32 Å². The van der Waals surface area contributed by atoms with Crippen LogP contribution in [-0.4, -0.2) is 54.2 Å². The van der Waals surface area contributed by atoms with Crippen LogP contribution in [0, 0.1) is 5.92 Å². The maximum absolute atomic E-state index is 11.9. The maximum atomic E-state index is 11.9. The second-order valence-corrected chi connectivity index (χ2v) is 5.77. The van der Waals surface area contributed by atoms with Gasteiger partial charge >= 0.3 is 0 Å². The number of hydrogen-bond donors (Lipinski definition) is 2. The van der Waals surface area contributed by atoms with Crippen molar-refractivity contribution in [1.29, 1.82) is 0 Å². The molecule has 1 aromatic heterocycles. The topological polar surface area (TPSA) is 78.6 Å². The summed E-state index contributed by atoms with van der Waals surface area (Å²) >= 11 is 0. The fourth-order valence-corrected chi connectivity index (χ4v) is 2.56. The first-order valence-electron chi connectivity index (χ1n) is 7.34. The highest BCUT2D eigenvalue weighted by atomic mass is 16.3. The van der Waals surface area contributed by atoms with Crippen LogP contribution >= 0.6 is 0 Å². The van der Waals surface area contributed by atoms with Crippen molar-refractivity contribution in [3.05, 3.63) is 30.2 Å². The average Bonchev–Trinajstić information content (AvgIpc) is 2.88. The highest BCUT2D eigenvalue weighted by Gasteiger charge is 2.32. The van der Waals surface area contributed by atoms with Gasteiger partial charge in [0.05, 0.1) is 6.10 Å². The van der Waals surface area contributed by atoms with E-state index in [1.807, 2.05) is 31.2 Å². The van der Waals surface area contributed by atoms with Gasteiger partial charge in [-0.3, -0.25) is 9.69 Å². The summed E-state index contributed by atoms with van der Waals surface area (Å²) in [5.41, 5.74) is 1.53. The standard InChI is InChI=1S/C16H23N3O3/c1-10(15(20)14(19(3)4)16(21)17-2)9-13-18-11-7-5-6-8-12(11)22-13/h5-8,10,14-15,20H,9H2,1-4H3,(H,17,21)/t10-,14-,15-/m1/s1. The van der Waals surface area contributed by atoms with Gasteiger partial charge in [-0.1, -0.05) is 19.1 Å². The molecule has 0 saturated heterocycles. The Bertz CT molecular complexity index is 605. The fourth-order valence-electron chi connectivity index (χ4n) is 2.56. The molecule has 0 radical (unpaired) electrons. The first-order valence-corrected chi connectivity index (χ1v) is 7.34. The molecule has 6 nitrogen and oxygen atoms in total. The van der Waals surface area contributed by atoms with Crippen LogP contribution in [0.1, 0.15) is 12.8 Å². The van der Waals surface area contributed by atoms with Crippen molar-refractivity contribution in [1.82, 2.24) is 15.2 Å². The molecule has 0 aliphatic heterocycles. The van der Waals surface area contributed by atoms with E-state index in [0.29, 0.717) is 12.3 Å². The summed E-state index contributed by atoms with van der Waals surface area (Å²) in [6.45, 7) is 1.89. The van der Waals surface area contributed by atoms with Gasteiger partial charge in [0, 0.05) is 13.5 Å². The smallest absolute Gasteiger partial charge is 0.239 e. The van der Waals surface area contributed by atoms with Gasteiger partial charge in [0.2, 0.25) is 5.91 Å². The normalized spacial score (nSPS) is 15.7. The lowest BCUT2D eigenvalue weighted by Crippen LogP contribution is -2.52. The molecule has 0 saturated carbocycles. The van der Waals surface area contributed by atoms with Crippen molar-refractivity contribution in [2.75, 3.05) is 21.1 Å². The summed E-state index contributed by atoms with van der Waals surface area (Å²) in [5.74, 6) is 0.196.